The van der Waals surface area contributed by atoms with Gasteiger partial charge in [0.05, 0.1) is 24.8 Å². The van der Waals surface area contributed by atoms with Crippen LogP contribution in [0, 0.1) is 0 Å². The molecular weight excluding hydrogens is 406 g/mol. The molecule has 1 atom stereocenters. The van der Waals surface area contributed by atoms with Gasteiger partial charge in [0.1, 0.15) is 0 Å². The molecule has 0 unspecified atom stereocenters. The van der Waals surface area contributed by atoms with E-state index in [1.165, 1.54) is 6.08 Å². The molecule has 32 heavy (non-hydrogen) atoms. The minimum absolute atomic E-state index is 0.0987. The lowest BCUT2D eigenvalue weighted by Crippen LogP contribution is -2.39. The zero-order valence-electron chi connectivity index (χ0n) is 17.9. The van der Waals surface area contributed by atoms with Crippen LogP contribution in [0.15, 0.2) is 72.3 Å². The zero-order chi connectivity index (χ0) is 22.3. The Balaban J connectivity index is 1.54. The van der Waals surface area contributed by atoms with E-state index >= 15 is 0 Å². The lowest BCUT2D eigenvalue weighted by molar-refractivity contribution is -0.129. The predicted molar refractivity (Wildman–Crippen MR) is 121 cm³/mol. The van der Waals surface area contributed by atoms with Gasteiger partial charge in [-0.25, -0.2) is 0 Å². The second-order valence-electron chi connectivity index (χ2n) is 7.87. The van der Waals surface area contributed by atoms with Crippen LogP contribution in [-0.2, 0) is 14.3 Å². The summed E-state index contributed by atoms with van der Waals surface area (Å²) in [5.74, 6) is -1.38. The highest BCUT2D eigenvalue weighted by Crippen LogP contribution is 2.37. The minimum atomic E-state index is -0.659. The van der Waals surface area contributed by atoms with E-state index in [4.69, 9.17) is 4.74 Å². The van der Waals surface area contributed by atoms with Gasteiger partial charge < -0.3 is 14.7 Å². The number of carbonyl (C=O) groups excluding carboxylic acids is 2. The molecule has 0 aliphatic carbocycles. The van der Waals surface area contributed by atoms with Crippen LogP contribution in [0.25, 0.3) is 6.08 Å². The van der Waals surface area contributed by atoms with Crippen molar-refractivity contribution < 1.29 is 19.4 Å². The fourth-order valence-electron chi connectivity index (χ4n) is 4.14. The average molecular weight is 434 g/mol. The second kappa shape index (κ2) is 10.3. The molecule has 0 bridgehead atoms. The number of aliphatic hydroxyl groups is 1. The van der Waals surface area contributed by atoms with Crippen LogP contribution >= 0.6 is 0 Å². The molecule has 3 heterocycles. The Morgan fingerprint density at radius 3 is 2.62 bits per heavy atom. The quantitative estimate of drug-likeness (QED) is 0.645. The summed E-state index contributed by atoms with van der Waals surface area (Å²) in [5.41, 5.74) is 1.67. The van der Waals surface area contributed by atoms with Gasteiger partial charge in [0.15, 0.2) is 11.5 Å². The highest BCUT2D eigenvalue weighted by Gasteiger charge is 2.42. The Kier molecular flexibility index (Phi) is 7.09. The van der Waals surface area contributed by atoms with Gasteiger partial charge in [0.2, 0.25) is 0 Å². The molecule has 166 valence electrons. The summed E-state index contributed by atoms with van der Waals surface area (Å²) in [6.45, 7) is 4.43. The highest BCUT2D eigenvalue weighted by molar-refractivity contribution is 6.14. The molecular formula is C25H27N3O4. The summed E-state index contributed by atoms with van der Waals surface area (Å²) in [5, 5.41) is 10.7. The van der Waals surface area contributed by atoms with E-state index in [1.807, 2.05) is 36.4 Å². The number of allylic oxidation sites excluding steroid dienone is 1. The van der Waals surface area contributed by atoms with Crippen LogP contribution in [0.5, 0.6) is 0 Å². The molecule has 1 N–H and O–H groups in total. The Labute approximate surface area is 187 Å². The van der Waals surface area contributed by atoms with E-state index in [0.717, 1.165) is 44.8 Å². The SMILES string of the molecule is O=C(/C=C/c1ccccc1)C1=C(O)C(=O)N(CCCN2CCOCC2)[C@@H]1c1cccnc1. The third-order valence-corrected chi connectivity index (χ3v) is 5.77. The number of aromatic nitrogens is 1. The van der Waals surface area contributed by atoms with Gasteiger partial charge in [-0.3, -0.25) is 19.5 Å². The van der Waals surface area contributed by atoms with Crippen molar-refractivity contribution in [2.24, 2.45) is 0 Å². The third-order valence-electron chi connectivity index (χ3n) is 5.77. The van der Waals surface area contributed by atoms with Crippen LogP contribution in [0.1, 0.15) is 23.6 Å². The second-order valence-corrected chi connectivity index (χ2v) is 7.87. The summed E-state index contributed by atoms with van der Waals surface area (Å²) in [7, 11) is 0. The maximum Gasteiger partial charge on any atom is 0.290 e. The van der Waals surface area contributed by atoms with Crippen LogP contribution < -0.4 is 0 Å². The maximum atomic E-state index is 13.1. The monoisotopic (exact) mass is 433 g/mol. The molecule has 7 nitrogen and oxygen atoms in total. The molecule has 0 saturated carbocycles. The Morgan fingerprint density at radius 1 is 1.12 bits per heavy atom. The van der Waals surface area contributed by atoms with Crippen molar-refractivity contribution in [2.45, 2.75) is 12.5 Å². The predicted octanol–water partition coefficient (Wildman–Crippen LogP) is 2.78. The summed E-state index contributed by atoms with van der Waals surface area (Å²) >= 11 is 0. The van der Waals surface area contributed by atoms with Crippen molar-refractivity contribution in [1.82, 2.24) is 14.8 Å². The number of rotatable bonds is 8. The van der Waals surface area contributed by atoms with Crippen LogP contribution in [0.2, 0.25) is 0 Å². The number of hydrogen-bond acceptors (Lipinski definition) is 6. The largest absolute Gasteiger partial charge is 0.503 e. The van der Waals surface area contributed by atoms with Crippen molar-refractivity contribution in [3.8, 4) is 0 Å². The molecule has 2 aromatic rings. The van der Waals surface area contributed by atoms with Crippen LogP contribution in [-0.4, -0.2) is 71.0 Å². The van der Waals surface area contributed by atoms with Gasteiger partial charge in [0.25, 0.3) is 5.91 Å². The summed E-state index contributed by atoms with van der Waals surface area (Å²) in [6, 6.07) is 12.4. The highest BCUT2D eigenvalue weighted by atomic mass is 16.5. The Morgan fingerprint density at radius 2 is 1.91 bits per heavy atom. The normalized spacial score (nSPS) is 19.8. The van der Waals surface area contributed by atoms with Gasteiger partial charge in [-0.15, -0.1) is 0 Å². The van der Waals surface area contributed by atoms with E-state index in [9.17, 15) is 14.7 Å². The number of nitrogens with zero attached hydrogens (tertiary/aromatic N) is 3. The number of ketones is 1. The molecule has 2 aliphatic heterocycles. The van der Waals surface area contributed by atoms with Gasteiger partial charge in [-0.2, -0.15) is 0 Å². The van der Waals surface area contributed by atoms with E-state index in [-0.39, 0.29) is 11.4 Å². The first-order valence-electron chi connectivity index (χ1n) is 10.9. The van der Waals surface area contributed by atoms with Gasteiger partial charge in [-0.05, 0) is 29.7 Å². The first-order chi connectivity index (χ1) is 15.6. The lowest BCUT2D eigenvalue weighted by atomic mass is 9.96. The molecule has 4 rings (SSSR count). The fourth-order valence-corrected chi connectivity index (χ4v) is 4.14. The molecule has 1 amide bonds. The number of amides is 1. The molecule has 7 heteroatoms. The first kappa shape index (κ1) is 21.9. The van der Waals surface area contributed by atoms with Gasteiger partial charge >= 0.3 is 0 Å². The number of pyridine rings is 1. The van der Waals surface area contributed by atoms with Crippen LogP contribution in [0.4, 0.5) is 0 Å². The number of ether oxygens (including phenoxy) is 1. The van der Waals surface area contributed by atoms with Gasteiger partial charge in [-0.1, -0.05) is 42.5 Å². The number of hydrogen-bond donors (Lipinski definition) is 1. The summed E-state index contributed by atoms with van der Waals surface area (Å²) in [4.78, 5) is 34.1. The first-order valence-corrected chi connectivity index (χ1v) is 10.9. The molecule has 2 aliphatic rings. The van der Waals surface area contributed by atoms with Crippen molar-refractivity contribution >= 4 is 17.8 Å². The maximum absolute atomic E-state index is 13.1. The minimum Gasteiger partial charge on any atom is -0.503 e. The summed E-state index contributed by atoms with van der Waals surface area (Å²) in [6.07, 6.45) is 7.11. The number of benzene rings is 1. The van der Waals surface area contributed by atoms with Crippen molar-refractivity contribution in [3.63, 3.8) is 0 Å². The van der Waals surface area contributed by atoms with E-state index in [0.29, 0.717) is 12.1 Å². The van der Waals surface area contributed by atoms with Crippen LogP contribution in [0.3, 0.4) is 0 Å². The Bertz CT molecular complexity index is 998. The van der Waals surface area contributed by atoms with Crippen molar-refractivity contribution in [1.29, 1.82) is 0 Å². The number of carbonyl (C=O) groups is 2. The number of aliphatic hydroxyl groups excluding tert-OH is 1. The van der Waals surface area contributed by atoms with Crippen molar-refractivity contribution in [2.75, 3.05) is 39.4 Å². The van der Waals surface area contributed by atoms with Gasteiger partial charge in [0, 0.05) is 38.6 Å². The van der Waals surface area contributed by atoms with Crippen molar-refractivity contribution in [3.05, 3.63) is 83.4 Å². The zero-order valence-corrected chi connectivity index (χ0v) is 17.9. The molecule has 1 aromatic heterocycles. The fraction of sp³-hybridized carbons (Fsp3) is 0.320. The molecule has 1 aromatic carbocycles. The number of morpholine rings is 1. The smallest absolute Gasteiger partial charge is 0.290 e. The standard InChI is InChI=1S/C25H27N3O4/c29-21(10-9-19-6-2-1-3-7-19)22-23(20-8-4-11-26-18-20)28(25(31)24(22)30)13-5-12-27-14-16-32-17-15-27/h1-4,6-11,18,23,30H,5,12-17H2/b10-9+/t23-/m1/s1. The molecule has 0 spiro atoms. The summed E-state index contributed by atoms with van der Waals surface area (Å²) < 4.78 is 5.38. The van der Waals surface area contributed by atoms with E-state index < -0.39 is 17.7 Å². The lowest BCUT2D eigenvalue weighted by Gasteiger charge is -2.29. The average Bonchev–Trinajstić information content (AvgIpc) is 3.09. The van der Waals surface area contributed by atoms with E-state index in [2.05, 4.69) is 9.88 Å². The molecule has 1 saturated heterocycles. The Hall–Kier alpha value is -3.29. The molecule has 1 fully saturated rings. The topological polar surface area (TPSA) is 83.0 Å². The third kappa shape index (κ3) is 4.95. The molecule has 0 radical (unpaired) electrons. The van der Waals surface area contributed by atoms with E-state index in [1.54, 1.807) is 29.4 Å².